The van der Waals surface area contributed by atoms with Crippen molar-refractivity contribution >= 4 is 23.5 Å². The van der Waals surface area contributed by atoms with Crippen LogP contribution in [0.5, 0.6) is 5.75 Å². The van der Waals surface area contributed by atoms with Gasteiger partial charge in [0.05, 0.1) is 6.54 Å². The molecular formula is C21H28ClN5O2. The molecule has 0 radical (unpaired) electrons. The van der Waals surface area contributed by atoms with E-state index in [9.17, 15) is 4.79 Å². The number of nitrogens with one attached hydrogen (secondary N) is 2. The first-order chi connectivity index (χ1) is 14.0. The van der Waals surface area contributed by atoms with Crippen LogP contribution in [0.3, 0.4) is 0 Å². The molecule has 1 aromatic heterocycles. The number of likely N-dealkylation sites (N-methyl/N-ethyl adjacent to an activating group) is 1. The molecule has 0 aliphatic carbocycles. The highest BCUT2D eigenvalue weighted by Gasteiger charge is 2.05. The first-order valence-corrected chi connectivity index (χ1v) is 9.90. The summed E-state index contributed by atoms with van der Waals surface area (Å²) in [5, 5.41) is 7.05. The van der Waals surface area contributed by atoms with Crippen LogP contribution >= 0.6 is 11.6 Å². The molecule has 0 bridgehead atoms. The minimum absolute atomic E-state index is 0.0173. The van der Waals surface area contributed by atoms with E-state index in [1.165, 1.54) is 4.90 Å². The summed E-state index contributed by atoms with van der Waals surface area (Å²) in [6, 6.07) is 11.4. The van der Waals surface area contributed by atoms with Crippen LogP contribution in [0.15, 0.2) is 47.6 Å². The molecule has 29 heavy (non-hydrogen) atoms. The maximum Gasteiger partial charge on any atom is 0.259 e. The Morgan fingerprint density at radius 1 is 1.21 bits per heavy atom. The van der Waals surface area contributed by atoms with E-state index in [0.717, 1.165) is 36.6 Å². The van der Waals surface area contributed by atoms with Crippen molar-refractivity contribution in [2.24, 2.45) is 4.99 Å². The molecule has 0 unspecified atom stereocenters. The number of hydrogen-bond acceptors (Lipinski definition) is 4. The molecule has 156 valence electrons. The standard InChI is InChI=1S/C21H28ClN5O2/c1-4-23-21(24-11-10-16-8-9-19(22)25-13-16)26-14-17-6-5-7-18(12-17)29-15-20(28)27(2)3/h5-9,12-13H,4,10-11,14-15H2,1-3H3,(H2,23,24,26). The van der Waals surface area contributed by atoms with Crippen LogP contribution in [0.4, 0.5) is 0 Å². The topological polar surface area (TPSA) is 78.9 Å². The molecule has 2 rings (SSSR count). The van der Waals surface area contributed by atoms with Gasteiger partial charge in [0.15, 0.2) is 12.6 Å². The lowest BCUT2D eigenvalue weighted by Gasteiger charge is -2.12. The molecule has 1 aromatic carbocycles. The number of guanidine groups is 1. The van der Waals surface area contributed by atoms with E-state index in [-0.39, 0.29) is 12.5 Å². The van der Waals surface area contributed by atoms with E-state index in [2.05, 4.69) is 20.6 Å². The lowest BCUT2D eigenvalue weighted by atomic mass is 10.2. The number of rotatable bonds is 9. The number of nitrogens with zero attached hydrogens (tertiary/aromatic N) is 3. The second kappa shape index (κ2) is 11.9. The third kappa shape index (κ3) is 8.39. The minimum Gasteiger partial charge on any atom is -0.484 e. The maximum absolute atomic E-state index is 11.7. The summed E-state index contributed by atoms with van der Waals surface area (Å²) < 4.78 is 5.56. The van der Waals surface area contributed by atoms with E-state index >= 15 is 0 Å². The summed E-state index contributed by atoms with van der Waals surface area (Å²) in [6.07, 6.45) is 2.60. The van der Waals surface area contributed by atoms with Crippen molar-refractivity contribution in [1.29, 1.82) is 0 Å². The minimum atomic E-state index is -0.0806. The SMILES string of the molecule is CCNC(=NCc1cccc(OCC(=O)N(C)C)c1)NCCc1ccc(Cl)nc1. The Balaban J connectivity index is 1.89. The van der Waals surface area contributed by atoms with Gasteiger partial charge in [-0.25, -0.2) is 9.98 Å². The van der Waals surface area contributed by atoms with Gasteiger partial charge in [-0.3, -0.25) is 4.79 Å². The van der Waals surface area contributed by atoms with Gasteiger partial charge in [0.25, 0.3) is 5.91 Å². The second-order valence-corrected chi connectivity index (χ2v) is 6.97. The third-order valence-corrected chi connectivity index (χ3v) is 4.24. The van der Waals surface area contributed by atoms with Gasteiger partial charge < -0.3 is 20.3 Å². The highest BCUT2D eigenvalue weighted by Crippen LogP contribution is 2.14. The quantitative estimate of drug-likeness (QED) is 0.372. The van der Waals surface area contributed by atoms with E-state index in [1.54, 1.807) is 26.4 Å². The van der Waals surface area contributed by atoms with Crippen molar-refractivity contribution < 1.29 is 9.53 Å². The van der Waals surface area contributed by atoms with Crippen LogP contribution in [0.1, 0.15) is 18.1 Å². The first kappa shape index (κ1) is 22.5. The lowest BCUT2D eigenvalue weighted by molar-refractivity contribution is -0.130. The Hall–Kier alpha value is -2.80. The molecule has 0 saturated carbocycles. The number of aromatic nitrogens is 1. The van der Waals surface area contributed by atoms with Crippen LogP contribution in [0.2, 0.25) is 5.15 Å². The molecule has 7 nitrogen and oxygen atoms in total. The van der Waals surface area contributed by atoms with Gasteiger partial charge >= 0.3 is 0 Å². The number of ether oxygens (including phenoxy) is 1. The van der Waals surface area contributed by atoms with Crippen LogP contribution in [0, 0.1) is 0 Å². The Bertz CT molecular complexity index is 809. The number of halogens is 1. The second-order valence-electron chi connectivity index (χ2n) is 6.59. The smallest absolute Gasteiger partial charge is 0.259 e. The predicted octanol–water partition coefficient (Wildman–Crippen LogP) is 2.50. The number of aliphatic imine (C=N–C) groups is 1. The highest BCUT2D eigenvalue weighted by atomic mass is 35.5. The van der Waals surface area contributed by atoms with Gasteiger partial charge in [-0.05, 0) is 42.7 Å². The predicted molar refractivity (Wildman–Crippen MR) is 116 cm³/mol. The molecule has 0 spiro atoms. The van der Waals surface area contributed by atoms with Gasteiger partial charge in [-0.15, -0.1) is 0 Å². The van der Waals surface area contributed by atoms with Gasteiger partial charge in [0, 0.05) is 33.4 Å². The zero-order chi connectivity index (χ0) is 21.1. The molecule has 2 N–H and O–H groups in total. The fourth-order valence-electron chi connectivity index (χ4n) is 2.40. The summed E-state index contributed by atoms with van der Waals surface area (Å²) in [7, 11) is 3.41. The van der Waals surface area contributed by atoms with Crippen LogP contribution in [-0.4, -0.2) is 55.5 Å². The van der Waals surface area contributed by atoms with E-state index < -0.39 is 0 Å². The normalized spacial score (nSPS) is 11.1. The largest absolute Gasteiger partial charge is 0.484 e. The Kier molecular flexibility index (Phi) is 9.24. The van der Waals surface area contributed by atoms with Crippen LogP contribution in [-0.2, 0) is 17.8 Å². The summed E-state index contributed by atoms with van der Waals surface area (Å²) in [5.41, 5.74) is 2.11. The highest BCUT2D eigenvalue weighted by molar-refractivity contribution is 6.29. The van der Waals surface area contributed by atoms with Crippen LogP contribution < -0.4 is 15.4 Å². The summed E-state index contributed by atoms with van der Waals surface area (Å²) in [5.74, 6) is 1.31. The van der Waals surface area contributed by atoms with Gasteiger partial charge in [0.2, 0.25) is 0 Å². The number of pyridine rings is 1. The average molecular weight is 418 g/mol. The van der Waals surface area contributed by atoms with Crippen LogP contribution in [0.25, 0.3) is 0 Å². The summed E-state index contributed by atoms with van der Waals surface area (Å²) in [4.78, 5) is 21.9. The average Bonchev–Trinajstić information content (AvgIpc) is 2.72. The number of benzene rings is 1. The number of carbonyl (C=O) groups is 1. The van der Waals surface area contributed by atoms with Crippen molar-refractivity contribution in [3.63, 3.8) is 0 Å². The van der Waals surface area contributed by atoms with Gasteiger partial charge in [-0.2, -0.15) is 0 Å². The monoisotopic (exact) mass is 417 g/mol. The molecule has 1 amide bonds. The molecule has 0 aliphatic heterocycles. The Morgan fingerprint density at radius 2 is 2.03 bits per heavy atom. The summed E-state index contributed by atoms with van der Waals surface area (Å²) >= 11 is 5.81. The van der Waals surface area contributed by atoms with Gasteiger partial charge in [-0.1, -0.05) is 29.8 Å². The molecule has 0 saturated heterocycles. The maximum atomic E-state index is 11.7. The fraction of sp³-hybridized carbons (Fsp3) is 0.381. The third-order valence-electron chi connectivity index (χ3n) is 4.02. The zero-order valence-electron chi connectivity index (χ0n) is 17.1. The van der Waals surface area contributed by atoms with Crippen molar-refractivity contribution in [2.75, 3.05) is 33.8 Å². The van der Waals surface area contributed by atoms with Crippen molar-refractivity contribution in [1.82, 2.24) is 20.5 Å². The van der Waals surface area contributed by atoms with E-state index in [0.29, 0.717) is 17.4 Å². The number of carbonyl (C=O) groups excluding carboxylic acids is 1. The Morgan fingerprint density at radius 3 is 2.72 bits per heavy atom. The lowest BCUT2D eigenvalue weighted by Crippen LogP contribution is -2.38. The van der Waals surface area contributed by atoms with Crippen molar-refractivity contribution in [2.45, 2.75) is 19.9 Å². The fourth-order valence-corrected chi connectivity index (χ4v) is 2.51. The molecule has 2 aromatic rings. The summed E-state index contributed by atoms with van der Waals surface area (Å²) in [6.45, 7) is 4.03. The molecular weight excluding hydrogens is 390 g/mol. The molecule has 1 heterocycles. The van der Waals surface area contributed by atoms with Crippen molar-refractivity contribution in [3.05, 3.63) is 58.9 Å². The molecule has 0 fully saturated rings. The number of hydrogen-bond donors (Lipinski definition) is 2. The molecule has 8 heteroatoms. The number of amides is 1. The zero-order valence-corrected chi connectivity index (χ0v) is 17.9. The van der Waals surface area contributed by atoms with E-state index in [1.807, 2.05) is 37.3 Å². The molecule has 0 aliphatic rings. The van der Waals surface area contributed by atoms with Gasteiger partial charge in [0.1, 0.15) is 10.9 Å². The molecule has 0 atom stereocenters. The first-order valence-electron chi connectivity index (χ1n) is 9.52. The Labute approximate surface area is 177 Å². The van der Waals surface area contributed by atoms with Crippen molar-refractivity contribution in [3.8, 4) is 5.75 Å². The van der Waals surface area contributed by atoms with E-state index in [4.69, 9.17) is 16.3 Å².